The van der Waals surface area contributed by atoms with Crippen LogP contribution in [0.15, 0.2) is 47.0 Å². The molecule has 1 atom stereocenters. The van der Waals surface area contributed by atoms with Crippen LogP contribution in [0, 0.1) is 6.92 Å². The number of carbonyl (C=O) groups excluding carboxylic acids is 2. The van der Waals surface area contributed by atoms with Gasteiger partial charge in [0.2, 0.25) is 11.8 Å². The summed E-state index contributed by atoms with van der Waals surface area (Å²) in [5.41, 5.74) is 3.12. The highest BCUT2D eigenvalue weighted by Gasteiger charge is 2.26. The second-order valence-corrected chi connectivity index (χ2v) is 9.17. The Labute approximate surface area is 195 Å². The number of fused-ring (bicyclic) bond motifs is 2. The third-order valence-electron chi connectivity index (χ3n) is 5.60. The maximum atomic E-state index is 12.6. The Balaban J connectivity index is 1.45. The van der Waals surface area contributed by atoms with Crippen LogP contribution in [-0.4, -0.2) is 40.4 Å². The lowest BCUT2D eigenvalue weighted by Crippen LogP contribution is -2.37. The monoisotopic (exact) mass is 484 g/mol. The summed E-state index contributed by atoms with van der Waals surface area (Å²) < 4.78 is 21.1. The lowest BCUT2D eigenvalue weighted by atomic mass is 10.0. The van der Waals surface area contributed by atoms with E-state index in [0.717, 1.165) is 27.2 Å². The zero-order valence-electron chi connectivity index (χ0n) is 18.6. The number of carbonyl (C=O) groups is 2. The molecule has 3 heterocycles. The van der Waals surface area contributed by atoms with Crippen LogP contribution in [0.2, 0.25) is 0 Å². The maximum Gasteiger partial charge on any atom is 0.266 e. The third-order valence-corrected chi connectivity index (χ3v) is 6.04. The number of pyridine rings is 1. The molecular formula is C23H23N3O7P-. The van der Waals surface area contributed by atoms with Crippen LogP contribution < -0.4 is 9.79 Å². The summed E-state index contributed by atoms with van der Waals surface area (Å²) in [5, 5.41) is 1.02. The van der Waals surface area contributed by atoms with Gasteiger partial charge in [-0.1, -0.05) is 18.2 Å². The molecule has 2 aromatic heterocycles. The lowest BCUT2D eigenvalue weighted by Gasteiger charge is -2.29. The van der Waals surface area contributed by atoms with E-state index in [4.69, 9.17) is 9.31 Å². The van der Waals surface area contributed by atoms with Gasteiger partial charge in [0, 0.05) is 36.7 Å². The van der Waals surface area contributed by atoms with Crippen LogP contribution in [-0.2, 0) is 31.6 Å². The van der Waals surface area contributed by atoms with Crippen molar-refractivity contribution in [2.75, 3.05) is 18.7 Å². The van der Waals surface area contributed by atoms with E-state index in [2.05, 4.69) is 9.51 Å². The molecule has 1 unspecified atom stereocenters. The molecule has 3 aromatic rings. The number of anilines is 1. The van der Waals surface area contributed by atoms with Gasteiger partial charge in [0.05, 0.1) is 6.54 Å². The Morgan fingerprint density at radius 3 is 2.88 bits per heavy atom. The van der Waals surface area contributed by atoms with E-state index in [0.29, 0.717) is 24.1 Å². The highest BCUT2D eigenvalue weighted by atomic mass is 31.2. The Bertz CT molecular complexity index is 1330. The molecule has 1 aliphatic rings. The van der Waals surface area contributed by atoms with Gasteiger partial charge in [0.25, 0.3) is 7.82 Å². The first-order valence-electron chi connectivity index (χ1n) is 10.5. The normalized spacial score (nSPS) is 15.5. The van der Waals surface area contributed by atoms with E-state index < -0.39 is 14.6 Å². The number of aromatic nitrogens is 1. The molecule has 34 heavy (non-hydrogen) atoms. The molecule has 0 fully saturated rings. The van der Waals surface area contributed by atoms with Crippen molar-refractivity contribution in [3.05, 3.63) is 65.1 Å². The van der Waals surface area contributed by atoms with Crippen LogP contribution in [0.4, 0.5) is 5.82 Å². The molecule has 0 saturated heterocycles. The Morgan fingerprint density at radius 1 is 1.38 bits per heavy atom. The van der Waals surface area contributed by atoms with Crippen molar-refractivity contribution in [3.63, 3.8) is 0 Å². The van der Waals surface area contributed by atoms with Crippen LogP contribution in [0.3, 0.4) is 0 Å². The number of nitrogens with zero attached hydrogens (tertiary/aromatic N) is 3. The van der Waals surface area contributed by atoms with Gasteiger partial charge >= 0.3 is 0 Å². The van der Waals surface area contributed by atoms with E-state index >= 15 is 0 Å². The highest BCUT2D eigenvalue weighted by Crippen LogP contribution is 2.33. The summed E-state index contributed by atoms with van der Waals surface area (Å²) in [5.74, 6) is 0.385. The Kier molecular flexibility index (Phi) is 6.67. The number of para-hydroxylation sites is 1. The van der Waals surface area contributed by atoms with Crippen LogP contribution in [0.5, 0.6) is 0 Å². The Morgan fingerprint density at radius 2 is 2.15 bits per heavy atom. The molecule has 1 aliphatic heterocycles. The second kappa shape index (κ2) is 9.52. The fraction of sp³-hybridized carbons (Fsp3) is 0.261. The molecule has 1 N–H and O–H groups in total. The minimum absolute atomic E-state index is 0.137. The van der Waals surface area contributed by atoms with Crippen molar-refractivity contribution in [2.24, 2.45) is 0 Å². The van der Waals surface area contributed by atoms with Crippen molar-refractivity contribution in [3.8, 4) is 0 Å². The molecule has 0 radical (unpaired) electrons. The number of amides is 2. The molecule has 0 aliphatic carbocycles. The topological polar surface area (TPSA) is 136 Å². The van der Waals surface area contributed by atoms with Gasteiger partial charge in [-0.2, -0.15) is 0 Å². The molecule has 0 spiro atoms. The van der Waals surface area contributed by atoms with Crippen molar-refractivity contribution < 1.29 is 32.9 Å². The SMILES string of the molecule is Cc1c(CN(C)C(=O)/C=C/c2cnc3c(c2)CCC(=O)N3COP(=O)([O-])O)oc2ccccc12. The molecule has 178 valence electrons. The summed E-state index contributed by atoms with van der Waals surface area (Å²) in [6, 6.07) is 9.48. The van der Waals surface area contributed by atoms with Crippen LogP contribution in [0.1, 0.15) is 28.9 Å². The largest absolute Gasteiger partial charge is 0.756 e. The summed E-state index contributed by atoms with van der Waals surface area (Å²) in [4.78, 5) is 51.3. The first-order chi connectivity index (χ1) is 16.1. The van der Waals surface area contributed by atoms with Crippen LogP contribution in [0.25, 0.3) is 17.0 Å². The number of hydrogen-bond acceptors (Lipinski definition) is 7. The van der Waals surface area contributed by atoms with Crippen molar-refractivity contribution in [2.45, 2.75) is 26.3 Å². The van der Waals surface area contributed by atoms with Gasteiger partial charge in [0.15, 0.2) is 0 Å². The predicted octanol–water partition coefficient (Wildman–Crippen LogP) is 2.52. The van der Waals surface area contributed by atoms with Crippen molar-refractivity contribution >= 4 is 42.5 Å². The average molecular weight is 484 g/mol. The van der Waals surface area contributed by atoms with E-state index in [1.807, 2.05) is 31.2 Å². The molecule has 0 saturated carbocycles. The van der Waals surface area contributed by atoms with Crippen molar-refractivity contribution in [1.29, 1.82) is 0 Å². The molecule has 4 rings (SSSR count). The number of phosphoric acid groups is 1. The molecule has 0 bridgehead atoms. The Hall–Kier alpha value is -3.30. The second-order valence-electron chi connectivity index (χ2n) is 7.97. The van der Waals surface area contributed by atoms with E-state index in [-0.39, 0.29) is 24.1 Å². The lowest BCUT2D eigenvalue weighted by molar-refractivity contribution is -0.219. The quantitative estimate of drug-likeness (QED) is 0.399. The third kappa shape index (κ3) is 5.26. The number of benzene rings is 1. The molecular weight excluding hydrogens is 461 g/mol. The van der Waals surface area contributed by atoms with Gasteiger partial charge in [-0.05, 0) is 42.7 Å². The summed E-state index contributed by atoms with van der Waals surface area (Å²) in [6.07, 6.45) is 5.06. The highest BCUT2D eigenvalue weighted by molar-refractivity contribution is 7.44. The fourth-order valence-electron chi connectivity index (χ4n) is 3.76. The number of phosphoric ester groups is 1. The summed E-state index contributed by atoms with van der Waals surface area (Å²) >= 11 is 0. The van der Waals surface area contributed by atoms with E-state index in [1.165, 1.54) is 12.3 Å². The standard InChI is InChI=1S/C23H24N3O7P/c1-15-18-5-3-4-6-19(18)33-20(15)13-25(2)21(27)9-7-16-11-17-8-10-22(28)26(23(17)24-12-16)14-32-34(29,30)31/h3-7,9,11-12H,8,10,13-14H2,1-2H3,(H2,29,30,31)/p-1/b9-7+. The van der Waals surface area contributed by atoms with E-state index in [1.54, 1.807) is 24.1 Å². The number of rotatable bonds is 7. The number of hydrogen-bond donors (Lipinski definition) is 1. The molecule has 10 nitrogen and oxygen atoms in total. The zero-order chi connectivity index (χ0) is 24.5. The number of aryl methyl sites for hydroxylation is 2. The van der Waals surface area contributed by atoms with Crippen molar-refractivity contribution in [1.82, 2.24) is 9.88 Å². The van der Waals surface area contributed by atoms with Gasteiger partial charge in [-0.25, -0.2) is 4.98 Å². The maximum absolute atomic E-state index is 12.6. The fourth-order valence-corrected chi connectivity index (χ4v) is 4.02. The zero-order valence-corrected chi connectivity index (χ0v) is 19.5. The van der Waals surface area contributed by atoms with Crippen LogP contribution >= 0.6 is 7.82 Å². The van der Waals surface area contributed by atoms with Gasteiger partial charge in [-0.3, -0.25) is 23.6 Å². The molecule has 1 aromatic carbocycles. The summed E-state index contributed by atoms with van der Waals surface area (Å²) in [6.45, 7) is 1.62. The average Bonchev–Trinajstić information content (AvgIpc) is 3.11. The van der Waals surface area contributed by atoms with E-state index in [9.17, 15) is 19.0 Å². The minimum atomic E-state index is -4.98. The smallest absolute Gasteiger partial charge is 0.266 e. The molecule has 11 heteroatoms. The van der Waals surface area contributed by atoms with Gasteiger partial charge in [-0.15, -0.1) is 0 Å². The number of likely N-dealkylation sites (N-methyl/N-ethyl adjacent to an activating group) is 1. The predicted molar refractivity (Wildman–Crippen MR) is 122 cm³/mol. The number of furan rings is 1. The first kappa shape index (κ1) is 23.8. The first-order valence-corrected chi connectivity index (χ1v) is 12.0. The summed E-state index contributed by atoms with van der Waals surface area (Å²) in [7, 11) is -3.30. The van der Waals surface area contributed by atoms with Gasteiger partial charge in [0.1, 0.15) is 23.9 Å². The molecule has 2 amide bonds. The minimum Gasteiger partial charge on any atom is -0.756 e. The van der Waals surface area contributed by atoms with Gasteiger partial charge < -0.3 is 19.1 Å².